The fourth-order valence-electron chi connectivity index (χ4n) is 3.39. The van der Waals surface area contributed by atoms with Crippen LogP contribution in [0.5, 0.6) is 0 Å². The number of likely N-dealkylation sites (N-methyl/N-ethyl adjacent to an activating group) is 1. The lowest BCUT2D eigenvalue weighted by Gasteiger charge is -2.42. The highest BCUT2D eigenvalue weighted by molar-refractivity contribution is 5.85. The summed E-state index contributed by atoms with van der Waals surface area (Å²) >= 11 is 0. The van der Waals surface area contributed by atoms with Crippen LogP contribution in [0.25, 0.3) is 0 Å². The topological polar surface area (TPSA) is 60.9 Å². The zero-order chi connectivity index (χ0) is 15.0. The third-order valence-electron chi connectivity index (χ3n) is 5.41. The number of carboxylic acids is 1. The summed E-state index contributed by atoms with van der Waals surface area (Å²) in [6, 6.07) is -0.162. The fourth-order valence-corrected chi connectivity index (χ4v) is 3.39. The van der Waals surface area contributed by atoms with Crippen LogP contribution in [0.3, 0.4) is 0 Å². The molecule has 1 saturated carbocycles. The Balaban J connectivity index is 1.96. The van der Waals surface area contributed by atoms with Crippen molar-refractivity contribution in [1.82, 2.24) is 9.80 Å². The van der Waals surface area contributed by atoms with Crippen LogP contribution in [0.4, 0.5) is 4.79 Å². The first-order valence-electron chi connectivity index (χ1n) is 7.55. The van der Waals surface area contributed by atoms with Crippen LogP contribution in [0.1, 0.15) is 52.4 Å². The molecule has 2 aliphatic rings. The smallest absolute Gasteiger partial charge is 0.329 e. The Morgan fingerprint density at radius 3 is 2.05 bits per heavy atom. The third kappa shape index (κ3) is 2.63. The van der Waals surface area contributed by atoms with Gasteiger partial charge in [0.15, 0.2) is 0 Å². The summed E-state index contributed by atoms with van der Waals surface area (Å²) in [4.78, 5) is 26.8. The predicted molar refractivity (Wildman–Crippen MR) is 76.6 cm³/mol. The second-order valence-electron chi connectivity index (χ2n) is 6.90. The van der Waals surface area contributed by atoms with Crippen LogP contribution in [0.15, 0.2) is 0 Å². The Morgan fingerprint density at radius 1 is 1.10 bits per heavy atom. The van der Waals surface area contributed by atoms with E-state index in [0.29, 0.717) is 5.41 Å². The van der Waals surface area contributed by atoms with Crippen LogP contribution in [0.2, 0.25) is 0 Å². The first-order chi connectivity index (χ1) is 9.28. The molecule has 0 unspecified atom stereocenters. The van der Waals surface area contributed by atoms with Crippen LogP contribution in [-0.4, -0.2) is 52.6 Å². The summed E-state index contributed by atoms with van der Waals surface area (Å²) < 4.78 is 0. The maximum atomic E-state index is 12.4. The van der Waals surface area contributed by atoms with Crippen molar-refractivity contribution in [2.75, 3.05) is 20.1 Å². The maximum absolute atomic E-state index is 12.4. The van der Waals surface area contributed by atoms with Gasteiger partial charge in [0.05, 0.1) is 0 Å². The summed E-state index contributed by atoms with van der Waals surface area (Å²) in [7, 11) is 1.58. The predicted octanol–water partition coefficient (Wildman–Crippen LogP) is 2.56. The Morgan fingerprint density at radius 2 is 1.60 bits per heavy atom. The molecule has 114 valence electrons. The second-order valence-corrected chi connectivity index (χ2v) is 6.90. The molecule has 1 saturated heterocycles. The van der Waals surface area contributed by atoms with Gasteiger partial charge in [0, 0.05) is 20.1 Å². The van der Waals surface area contributed by atoms with Gasteiger partial charge in [-0.25, -0.2) is 9.59 Å². The number of carbonyl (C=O) groups excluding carboxylic acids is 1. The van der Waals surface area contributed by atoms with Gasteiger partial charge in [-0.2, -0.15) is 0 Å². The van der Waals surface area contributed by atoms with Crippen molar-refractivity contribution in [3.05, 3.63) is 0 Å². The van der Waals surface area contributed by atoms with Crippen LogP contribution < -0.4 is 0 Å². The molecular weight excluding hydrogens is 256 g/mol. The number of rotatable bonds is 2. The van der Waals surface area contributed by atoms with E-state index < -0.39 is 11.5 Å². The average Bonchev–Trinajstić information content (AvgIpc) is 2.86. The zero-order valence-electron chi connectivity index (χ0n) is 12.8. The maximum Gasteiger partial charge on any atom is 0.329 e. The molecule has 1 spiro atoms. The van der Waals surface area contributed by atoms with Gasteiger partial charge in [-0.05, 0) is 44.9 Å². The van der Waals surface area contributed by atoms with Gasteiger partial charge in [-0.3, -0.25) is 0 Å². The molecule has 1 heterocycles. The normalized spacial score (nSPS) is 22.1. The first kappa shape index (κ1) is 15.1. The Kier molecular flexibility index (Phi) is 3.98. The van der Waals surface area contributed by atoms with Crippen molar-refractivity contribution >= 4 is 12.0 Å². The molecule has 5 heteroatoms. The monoisotopic (exact) mass is 282 g/mol. The average molecular weight is 282 g/mol. The number of urea groups is 1. The third-order valence-corrected chi connectivity index (χ3v) is 5.41. The van der Waals surface area contributed by atoms with Crippen molar-refractivity contribution in [3.8, 4) is 0 Å². The molecule has 20 heavy (non-hydrogen) atoms. The van der Waals surface area contributed by atoms with Gasteiger partial charge in [-0.1, -0.05) is 12.8 Å². The molecule has 0 aromatic carbocycles. The number of hydrogen-bond donors (Lipinski definition) is 1. The fraction of sp³-hybridized carbons (Fsp3) is 0.867. The molecule has 0 bridgehead atoms. The van der Waals surface area contributed by atoms with Crippen molar-refractivity contribution in [3.63, 3.8) is 0 Å². The molecule has 1 aliphatic heterocycles. The van der Waals surface area contributed by atoms with E-state index in [-0.39, 0.29) is 6.03 Å². The standard InChI is InChI=1S/C15H26N2O3/c1-14(2,12(18)19)16(3)13(20)17-10-8-15(9-11-17)6-4-5-7-15/h4-11H2,1-3H3,(H,18,19). The molecular formula is C15H26N2O3. The van der Waals surface area contributed by atoms with E-state index in [0.717, 1.165) is 25.9 Å². The molecule has 1 aliphatic carbocycles. The molecule has 1 N–H and O–H groups in total. The van der Waals surface area contributed by atoms with Crippen molar-refractivity contribution in [2.45, 2.75) is 57.9 Å². The highest BCUT2D eigenvalue weighted by Crippen LogP contribution is 2.46. The van der Waals surface area contributed by atoms with Crippen LogP contribution in [-0.2, 0) is 4.79 Å². The van der Waals surface area contributed by atoms with Gasteiger partial charge in [0.25, 0.3) is 0 Å². The number of amides is 2. The lowest BCUT2D eigenvalue weighted by atomic mass is 9.77. The molecule has 0 radical (unpaired) electrons. The minimum atomic E-state index is -1.17. The number of likely N-dealkylation sites (tertiary alicyclic amines) is 1. The summed E-state index contributed by atoms with van der Waals surface area (Å²) in [5.74, 6) is -0.974. The highest BCUT2D eigenvalue weighted by atomic mass is 16.4. The van der Waals surface area contributed by atoms with Crippen molar-refractivity contribution in [2.24, 2.45) is 5.41 Å². The van der Waals surface area contributed by atoms with E-state index in [2.05, 4.69) is 0 Å². The molecule has 5 nitrogen and oxygen atoms in total. The Hall–Kier alpha value is -1.26. The van der Waals surface area contributed by atoms with E-state index in [1.165, 1.54) is 30.6 Å². The van der Waals surface area contributed by atoms with E-state index in [1.54, 1.807) is 20.9 Å². The van der Waals surface area contributed by atoms with Gasteiger partial charge in [0.2, 0.25) is 0 Å². The SMILES string of the molecule is CN(C(=O)N1CCC2(CCCC2)CC1)C(C)(C)C(=O)O. The number of nitrogens with zero attached hydrogens (tertiary/aromatic N) is 2. The summed E-state index contributed by atoms with van der Waals surface area (Å²) in [5.41, 5.74) is -0.697. The number of piperidine rings is 1. The lowest BCUT2D eigenvalue weighted by molar-refractivity contribution is -0.147. The van der Waals surface area contributed by atoms with Crippen LogP contribution in [0, 0.1) is 5.41 Å². The largest absolute Gasteiger partial charge is 0.480 e. The van der Waals surface area contributed by atoms with Gasteiger partial charge < -0.3 is 14.9 Å². The van der Waals surface area contributed by atoms with Gasteiger partial charge in [-0.15, -0.1) is 0 Å². The van der Waals surface area contributed by atoms with E-state index in [1.807, 2.05) is 4.90 Å². The highest BCUT2D eigenvalue weighted by Gasteiger charge is 2.41. The summed E-state index contributed by atoms with van der Waals surface area (Å²) in [5, 5.41) is 9.21. The van der Waals surface area contributed by atoms with Gasteiger partial charge >= 0.3 is 12.0 Å². The second kappa shape index (κ2) is 5.26. The molecule has 2 rings (SSSR count). The number of aliphatic carboxylic acids is 1. The molecule has 0 aromatic heterocycles. The number of carboxylic acid groups (broad SMARTS) is 1. The molecule has 0 atom stereocenters. The quantitative estimate of drug-likeness (QED) is 0.846. The van der Waals surface area contributed by atoms with E-state index in [9.17, 15) is 14.7 Å². The van der Waals surface area contributed by atoms with Crippen molar-refractivity contribution in [1.29, 1.82) is 0 Å². The minimum absolute atomic E-state index is 0.162. The zero-order valence-corrected chi connectivity index (χ0v) is 12.8. The van der Waals surface area contributed by atoms with E-state index in [4.69, 9.17) is 0 Å². The van der Waals surface area contributed by atoms with E-state index >= 15 is 0 Å². The van der Waals surface area contributed by atoms with Gasteiger partial charge in [0.1, 0.15) is 5.54 Å². The summed E-state index contributed by atoms with van der Waals surface area (Å²) in [6.45, 7) is 4.66. The number of hydrogen-bond acceptors (Lipinski definition) is 2. The first-order valence-corrected chi connectivity index (χ1v) is 7.55. The lowest BCUT2D eigenvalue weighted by Crippen LogP contribution is -2.56. The van der Waals surface area contributed by atoms with Crippen LogP contribution >= 0.6 is 0 Å². The minimum Gasteiger partial charge on any atom is -0.480 e. The Labute approximate surface area is 120 Å². The Bertz CT molecular complexity index is 390. The molecule has 2 fully saturated rings. The molecule has 2 amide bonds. The van der Waals surface area contributed by atoms with Crippen molar-refractivity contribution < 1.29 is 14.7 Å². The summed E-state index contributed by atoms with van der Waals surface area (Å²) in [6.07, 6.45) is 7.37. The molecule has 0 aromatic rings. The number of carbonyl (C=O) groups is 2.